The number of hydrogen-bond acceptors (Lipinski definition) is 0. The second-order valence-electron chi connectivity index (χ2n) is 19.6. The fourth-order valence-electron chi connectivity index (χ4n) is 13.4. The third kappa shape index (κ3) is 8.88. The van der Waals surface area contributed by atoms with Crippen LogP contribution in [0.3, 0.4) is 0 Å². The summed E-state index contributed by atoms with van der Waals surface area (Å²) in [7, 11) is 0. The highest BCUT2D eigenvalue weighted by Gasteiger charge is 2.40. The molecule has 0 heterocycles. The Kier molecular flexibility index (Phi) is 10.9. The molecule has 0 aromatic rings. The Morgan fingerprint density at radius 3 is 0.488 bits per heavy atom. The molecule has 12 fully saturated rings. The van der Waals surface area contributed by atoms with Crippen LogP contribution in [0.25, 0.3) is 0 Å². The van der Waals surface area contributed by atoms with Gasteiger partial charge in [0.05, 0.1) is 0 Å². The van der Waals surface area contributed by atoms with Crippen molar-refractivity contribution in [2.75, 3.05) is 0 Å². The summed E-state index contributed by atoms with van der Waals surface area (Å²) in [6.45, 7) is 2.46. The molecule has 246 valence electrons. The van der Waals surface area contributed by atoms with Crippen LogP contribution in [0.1, 0.15) is 200 Å². The lowest BCUT2D eigenvalue weighted by Gasteiger charge is -2.18. The van der Waals surface area contributed by atoms with Gasteiger partial charge in [-0.05, 0) is 135 Å². The molecule has 12 aliphatic carbocycles. The summed E-state index contributed by atoms with van der Waals surface area (Å²) in [5.74, 6) is 12.9. The zero-order chi connectivity index (χ0) is 29.1. The fraction of sp³-hybridized carbons (Fsp3) is 1.00. The van der Waals surface area contributed by atoms with E-state index >= 15 is 0 Å². The van der Waals surface area contributed by atoms with Crippen LogP contribution in [0.15, 0.2) is 0 Å². The van der Waals surface area contributed by atoms with Crippen LogP contribution < -0.4 is 0 Å². The van der Waals surface area contributed by atoms with Gasteiger partial charge in [0, 0.05) is 0 Å². The van der Waals surface area contributed by atoms with E-state index in [0.29, 0.717) is 0 Å². The first kappa shape index (κ1) is 31.6. The van der Waals surface area contributed by atoms with Crippen molar-refractivity contribution in [2.45, 2.75) is 200 Å². The molecule has 12 saturated carbocycles. The summed E-state index contributed by atoms with van der Waals surface area (Å²) >= 11 is 0. The van der Waals surface area contributed by atoms with E-state index in [4.69, 9.17) is 0 Å². The van der Waals surface area contributed by atoms with E-state index in [1.54, 1.807) is 167 Å². The van der Waals surface area contributed by atoms with Gasteiger partial charge >= 0.3 is 0 Å². The summed E-state index contributed by atoms with van der Waals surface area (Å²) in [6.07, 6.45) is 46.8. The lowest BCUT2D eigenvalue weighted by atomic mass is 9.87. The lowest BCUT2D eigenvalue weighted by Crippen LogP contribution is -2.06. The molecule has 0 nitrogen and oxygen atoms in total. The van der Waals surface area contributed by atoms with E-state index < -0.39 is 0 Å². The largest absolute Gasteiger partial charge is 0.0596 e. The quantitative estimate of drug-likeness (QED) is 0.263. The molecule has 0 amide bonds. The molecule has 0 saturated heterocycles. The van der Waals surface area contributed by atoms with Crippen molar-refractivity contribution in [2.24, 2.45) is 70.5 Å². The maximum atomic E-state index is 2.46. The molecular weight excluding hydrogens is 516 g/mol. The Labute approximate surface area is 269 Å². The molecule has 0 unspecified atom stereocenters. The SMILES string of the molecule is C1CC2CCC1C2.C1CC2CCC1C2.C1CC2CCC1C2.C1CC2CCC1C2.C1CC2CCC1C2.CC12CCC(CC1)C2. The minimum absolute atomic E-state index is 0.810. The van der Waals surface area contributed by atoms with Gasteiger partial charge in [-0.3, -0.25) is 0 Å². The van der Waals surface area contributed by atoms with Gasteiger partial charge in [-0.2, -0.15) is 0 Å². The second-order valence-corrected chi connectivity index (χ2v) is 19.6. The van der Waals surface area contributed by atoms with E-state index in [0.717, 1.165) is 11.3 Å². The highest BCUT2D eigenvalue weighted by molar-refractivity contribution is 4.92. The van der Waals surface area contributed by atoms with Crippen molar-refractivity contribution in [3.05, 3.63) is 0 Å². The highest BCUT2D eigenvalue weighted by Crippen LogP contribution is 2.53. The first-order valence-electron chi connectivity index (χ1n) is 21.0. The molecule has 43 heavy (non-hydrogen) atoms. The van der Waals surface area contributed by atoms with Gasteiger partial charge in [0.1, 0.15) is 0 Å². The van der Waals surface area contributed by atoms with Gasteiger partial charge < -0.3 is 0 Å². The van der Waals surface area contributed by atoms with Gasteiger partial charge in [-0.1, -0.05) is 135 Å². The van der Waals surface area contributed by atoms with E-state index in [1.807, 2.05) is 0 Å². The zero-order valence-corrected chi connectivity index (χ0v) is 29.1. The fourth-order valence-corrected chi connectivity index (χ4v) is 13.4. The summed E-state index contributed by atoms with van der Waals surface area (Å²) in [5, 5.41) is 0. The zero-order valence-electron chi connectivity index (χ0n) is 29.1. The van der Waals surface area contributed by atoms with Crippen LogP contribution in [0, 0.1) is 70.5 Å². The van der Waals surface area contributed by atoms with Crippen LogP contribution >= 0.6 is 0 Å². The smallest absolute Gasteiger partial charge is 0.0323 e. The van der Waals surface area contributed by atoms with E-state index in [1.165, 1.54) is 84.9 Å². The van der Waals surface area contributed by atoms with E-state index in [2.05, 4.69) is 6.92 Å². The minimum atomic E-state index is 0.810. The van der Waals surface area contributed by atoms with Gasteiger partial charge in [-0.25, -0.2) is 0 Å². The Morgan fingerprint density at radius 1 is 0.256 bits per heavy atom. The summed E-state index contributed by atoms with van der Waals surface area (Å²) in [5.41, 5.74) is 0.810. The number of fused-ring (bicyclic) bond motifs is 12. The molecule has 0 aliphatic heterocycles. The topological polar surface area (TPSA) is 0 Å². The third-order valence-corrected chi connectivity index (χ3v) is 16.3. The third-order valence-electron chi connectivity index (χ3n) is 16.3. The summed E-state index contributed by atoms with van der Waals surface area (Å²) < 4.78 is 0. The van der Waals surface area contributed by atoms with Gasteiger partial charge in [-0.15, -0.1) is 0 Å². The van der Waals surface area contributed by atoms with Crippen molar-refractivity contribution in [3.63, 3.8) is 0 Å². The molecule has 12 bridgehead atoms. The molecule has 12 rings (SSSR count). The minimum Gasteiger partial charge on any atom is -0.0596 e. The van der Waals surface area contributed by atoms with Crippen LogP contribution in [0.5, 0.6) is 0 Å². The van der Waals surface area contributed by atoms with Crippen molar-refractivity contribution in [3.8, 4) is 0 Å². The van der Waals surface area contributed by atoms with E-state index in [-0.39, 0.29) is 0 Å². The van der Waals surface area contributed by atoms with E-state index in [9.17, 15) is 0 Å². The second kappa shape index (κ2) is 14.8. The van der Waals surface area contributed by atoms with Crippen LogP contribution in [0.2, 0.25) is 0 Å². The van der Waals surface area contributed by atoms with Crippen LogP contribution in [0.4, 0.5) is 0 Å². The molecule has 0 atom stereocenters. The monoisotopic (exact) mass is 591 g/mol. The highest BCUT2D eigenvalue weighted by atomic mass is 14.5. The summed E-state index contributed by atoms with van der Waals surface area (Å²) in [6, 6.07) is 0. The molecule has 0 N–H and O–H groups in total. The normalized spacial score (nSPS) is 48.9. The Balaban J connectivity index is 0.0000000838. The predicted octanol–water partition coefficient (Wildman–Crippen LogP) is 13.6. The summed E-state index contributed by atoms with van der Waals surface area (Å²) in [4.78, 5) is 0. The van der Waals surface area contributed by atoms with Crippen LogP contribution in [-0.4, -0.2) is 0 Å². The first-order valence-corrected chi connectivity index (χ1v) is 21.0. The van der Waals surface area contributed by atoms with Crippen molar-refractivity contribution < 1.29 is 0 Å². The maximum absolute atomic E-state index is 2.46. The number of rotatable bonds is 0. The van der Waals surface area contributed by atoms with Crippen molar-refractivity contribution in [1.82, 2.24) is 0 Å². The molecule has 0 radical (unpaired) electrons. The molecule has 0 aromatic heterocycles. The van der Waals surface area contributed by atoms with Crippen LogP contribution in [-0.2, 0) is 0 Å². The van der Waals surface area contributed by atoms with Gasteiger partial charge in [0.15, 0.2) is 0 Å². The maximum Gasteiger partial charge on any atom is -0.0323 e. The standard InChI is InChI=1S/C8H14.5C7H12/c1-8-4-2-7(6-8)3-5-8;5*1-2-7-4-3-6(1)5-7/h7H,2-6H2,1H3;5*6-7H,1-5H2. The lowest BCUT2D eigenvalue weighted by molar-refractivity contribution is 0.332. The van der Waals surface area contributed by atoms with Gasteiger partial charge in [0.25, 0.3) is 0 Å². The molecule has 0 spiro atoms. The average molecular weight is 591 g/mol. The Hall–Kier alpha value is 0. The molecule has 12 aliphatic rings. The Morgan fingerprint density at radius 2 is 0.442 bits per heavy atom. The van der Waals surface area contributed by atoms with Crippen molar-refractivity contribution >= 4 is 0 Å². The first-order chi connectivity index (χ1) is 21.0. The molecular formula is C43H74. The molecule has 0 heteroatoms. The van der Waals surface area contributed by atoms with Gasteiger partial charge in [0.2, 0.25) is 0 Å². The Bertz CT molecular complexity index is 615. The average Bonchev–Trinajstić information content (AvgIpc) is 3.92. The number of hydrogen-bond donors (Lipinski definition) is 0. The predicted molar refractivity (Wildman–Crippen MR) is 185 cm³/mol. The molecule has 0 aromatic carbocycles. The van der Waals surface area contributed by atoms with Crippen molar-refractivity contribution in [1.29, 1.82) is 0 Å².